The minimum atomic E-state index is -1.25. The van der Waals surface area contributed by atoms with Gasteiger partial charge in [0, 0.05) is 4.86 Å². The van der Waals surface area contributed by atoms with Crippen molar-refractivity contribution in [1.29, 1.82) is 0 Å². The molecule has 0 bridgehead atoms. The number of thiocarbonyl (C=S) groups is 1. The minimum Gasteiger partial charge on any atom is -0.481 e. The summed E-state index contributed by atoms with van der Waals surface area (Å²) >= 11 is 4.72. The van der Waals surface area contributed by atoms with Gasteiger partial charge in [-0.3, -0.25) is 4.79 Å². The van der Waals surface area contributed by atoms with E-state index >= 15 is 0 Å². The van der Waals surface area contributed by atoms with Crippen molar-refractivity contribution in [2.45, 2.75) is 0 Å². The lowest BCUT2D eigenvalue weighted by molar-refractivity contribution is -0.142. The van der Waals surface area contributed by atoms with Gasteiger partial charge in [-0.1, -0.05) is 18.3 Å². The first-order chi connectivity index (χ1) is 6.02. The molecule has 0 aromatic heterocycles. The lowest BCUT2D eigenvalue weighted by Gasteiger charge is -2.12. The predicted octanol–water partition coefficient (Wildman–Crippen LogP) is 0.638. The summed E-state index contributed by atoms with van der Waals surface area (Å²) in [5.74, 6) is -3.53. The Morgan fingerprint density at radius 1 is 1.38 bits per heavy atom. The molecule has 1 aliphatic rings. The maximum atomic E-state index is 10.6. The Kier molecular flexibility index (Phi) is 2.57. The molecular weight excluding hydrogens is 192 g/mol. The molecule has 5 heteroatoms. The highest BCUT2D eigenvalue weighted by atomic mass is 32.1. The van der Waals surface area contributed by atoms with E-state index in [1.54, 1.807) is 0 Å². The van der Waals surface area contributed by atoms with Gasteiger partial charge < -0.3 is 10.2 Å². The normalized spacial score (nSPS) is 21.1. The number of hydrogen-bond donors (Lipinski definition) is 2. The maximum absolute atomic E-state index is 10.6. The zero-order valence-electron chi connectivity index (χ0n) is 6.43. The van der Waals surface area contributed by atoms with Crippen molar-refractivity contribution in [3.05, 3.63) is 23.8 Å². The van der Waals surface area contributed by atoms with E-state index in [-0.39, 0.29) is 5.57 Å². The van der Waals surface area contributed by atoms with E-state index in [0.29, 0.717) is 4.86 Å². The third-order valence-electron chi connectivity index (χ3n) is 1.60. The van der Waals surface area contributed by atoms with Gasteiger partial charge in [-0.2, -0.15) is 0 Å². The summed E-state index contributed by atoms with van der Waals surface area (Å²) in [6.45, 7) is 0. The van der Waals surface area contributed by atoms with Crippen LogP contribution < -0.4 is 0 Å². The zero-order chi connectivity index (χ0) is 10.0. The monoisotopic (exact) mass is 198 g/mol. The summed E-state index contributed by atoms with van der Waals surface area (Å²) in [5.41, 5.74) is -0.194. The van der Waals surface area contributed by atoms with Gasteiger partial charge in [0.2, 0.25) is 0 Å². The van der Waals surface area contributed by atoms with Gasteiger partial charge in [0.15, 0.2) is 0 Å². The van der Waals surface area contributed by atoms with Crippen LogP contribution in [0.1, 0.15) is 0 Å². The van der Waals surface area contributed by atoms with Crippen molar-refractivity contribution in [3.8, 4) is 0 Å². The maximum Gasteiger partial charge on any atom is 0.332 e. The largest absolute Gasteiger partial charge is 0.481 e. The fourth-order valence-electron chi connectivity index (χ4n) is 0.996. The van der Waals surface area contributed by atoms with Gasteiger partial charge >= 0.3 is 11.9 Å². The average molecular weight is 198 g/mol. The van der Waals surface area contributed by atoms with E-state index < -0.39 is 17.9 Å². The molecule has 0 amide bonds. The van der Waals surface area contributed by atoms with Crippen molar-refractivity contribution in [2.75, 3.05) is 0 Å². The van der Waals surface area contributed by atoms with E-state index in [4.69, 9.17) is 22.4 Å². The van der Waals surface area contributed by atoms with Gasteiger partial charge in [-0.25, -0.2) is 4.79 Å². The lowest BCUT2D eigenvalue weighted by Crippen LogP contribution is -2.22. The molecule has 1 unspecified atom stereocenters. The van der Waals surface area contributed by atoms with Crippen molar-refractivity contribution >= 4 is 29.0 Å². The van der Waals surface area contributed by atoms with Crippen LogP contribution in [0.4, 0.5) is 0 Å². The highest BCUT2D eigenvalue weighted by Gasteiger charge is 2.27. The van der Waals surface area contributed by atoms with Gasteiger partial charge in [0.05, 0.1) is 5.57 Å². The minimum absolute atomic E-state index is 0.194. The van der Waals surface area contributed by atoms with Gasteiger partial charge in [0.1, 0.15) is 5.92 Å². The van der Waals surface area contributed by atoms with E-state index in [1.165, 1.54) is 18.2 Å². The molecule has 0 heterocycles. The number of rotatable bonds is 2. The smallest absolute Gasteiger partial charge is 0.332 e. The molecule has 0 fully saturated rings. The van der Waals surface area contributed by atoms with E-state index in [9.17, 15) is 9.59 Å². The molecule has 0 radical (unpaired) electrons. The standard InChI is InChI=1S/C8H6O4S/c9-7(10)5-2-1-4(13)3-6(5)8(11)12/h1-3,5H,(H,9,10)(H,11,12). The third kappa shape index (κ3) is 2.00. The Hall–Kier alpha value is -1.49. The summed E-state index contributed by atoms with van der Waals surface area (Å²) < 4.78 is 0. The highest BCUT2D eigenvalue weighted by molar-refractivity contribution is 7.81. The Morgan fingerprint density at radius 3 is 2.46 bits per heavy atom. The quantitative estimate of drug-likeness (QED) is 0.637. The van der Waals surface area contributed by atoms with Crippen molar-refractivity contribution in [1.82, 2.24) is 0 Å². The summed E-state index contributed by atoms with van der Waals surface area (Å²) in [6, 6.07) is 0. The van der Waals surface area contributed by atoms with Crippen LogP contribution in [0.25, 0.3) is 0 Å². The Morgan fingerprint density at radius 2 is 2.00 bits per heavy atom. The Balaban J connectivity index is 3.05. The molecule has 1 rings (SSSR count). The number of aliphatic carboxylic acids is 2. The lowest BCUT2D eigenvalue weighted by atomic mass is 9.93. The van der Waals surface area contributed by atoms with Crippen LogP contribution in [0.5, 0.6) is 0 Å². The first-order valence-electron chi connectivity index (χ1n) is 3.42. The molecule has 0 aromatic rings. The number of allylic oxidation sites excluding steroid dienone is 2. The van der Waals surface area contributed by atoms with Crippen LogP contribution in [-0.4, -0.2) is 27.0 Å². The predicted molar refractivity (Wildman–Crippen MR) is 48.6 cm³/mol. The Bertz CT molecular complexity index is 340. The number of carbonyl (C=O) groups is 2. The van der Waals surface area contributed by atoms with E-state index in [0.717, 1.165) is 0 Å². The molecule has 0 saturated carbocycles. The fourth-order valence-corrected chi connectivity index (χ4v) is 1.20. The molecular formula is C8H6O4S. The third-order valence-corrected chi connectivity index (χ3v) is 1.85. The summed E-state index contributed by atoms with van der Waals surface area (Å²) in [6.07, 6.45) is 3.88. The molecule has 0 aromatic carbocycles. The first-order valence-corrected chi connectivity index (χ1v) is 3.83. The molecule has 1 atom stereocenters. The topological polar surface area (TPSA) is 74.6 Å². The second-order valence-electron chi connectivity index (χ2n) is 2.48. The van der Waals surface area contributed by atoms with Gasteiger partial charge in [-0.15, -0.1) is 0 Å². The van der Waals surface area contributed by atoms with E-state index in [1.807, 2.05) is 0 Å². The summed E-state index contributed by atoms with van der Waals surface area (Å²) in [7, 11) is 0. The van der Waals surface area contributed by atoms with Crippen LogP contribution >= 0.6 is 12.2 Å². The molecule has 0 aliphatic heterocycles. The van der Waals surface area contributed by atoms with Crippen molar-refractivity contribution in [2.24, 2.45) is 5.92 Å². The summed E-state index contributed by atoms with van der Waals surface area (Å²) in [5, 5.41) is 17.3. The summed E-state index contributed by atoms with van der Waals surface area (Å²) in [4.78, 5) is 21.5. The molecule has 2 N–H and O–H groups in total. The molecule has 4 nitrogen and oxygen atoms in total. The molecule has 0 spiro atoms. The second kappa shape index (κ2) is 3.49. The highest BCUT2D eigenvalue weighted by Crippen LogP contribution is 2.18. The number of carboxylic acids is 2. The van der Waals surface area contributed by atoms with Crippen LogP contribution in [0, 0.1) is 5.92 Å². The molecule has 68 valence electrons. The molecule has 0 saturated heterocycles. The van der Waals surface area contributed by atoms with Crippen molar-refractivity contribution in [3.63, 3.8) is 0 Å². The van der Waals surface area contributed by atoms with Crippen molar-refractivity contribution < 1.29 is 19.8 Å². The Labute approximate surface area is 79.2 Å². The number of carboxylic acid groups (broad SMARTS) is 2. The van der Waals surface area contributed by atoms with Crippen LogP contribution in [-0.2, 0) is 9.59 Å². The van der Waals surface area contributed by atoms with Crippen LogP contribution in [0.15, 0.2) is 23.8 Å². The van der Waals surface area contributed by atoms with Crippen LogP contribution in [0.3, 0.4) is 0 Å². The molecule has 1 aliphatic carbocycles. The SMILES string of the molecule is O=C(O)C1=CC(=S)C=CC1C(=O)O. The second-order valence-corrected chi connectivity index (χ2v) is 2.95. The van der Waals surface area contributed by atoms with Gasteiger partial charge in [-0.05, 0) is 12.2 Å². The number of hydrogen-bond acceptors (Lipinski definition) is 3. The average Bonchev–Trinajstić information content (AvgIpc) is 2.03. The van der Waals surface area contributed by atoms with E-state index in [2.05, 4.69) is 0 Å². The fraction of sp³-hybridized carbons (Fsp3) is 0.125. The molecule has 13 heavy (non-hydrogen) atoms. The van der Waals surface area contributed by atoms with Gasteiger partial charge in [0.25, 0.3) is 0 Å². The first kappa shape index (κ1) is 9.60. The van der Waals surface area contributed by atoms with Crippen LogP contribution in [0.2, 0.25) is 0 Å². The zero-order valence-corrected chi connectivity index (χ0v) is 7.25.